The Kier molecular flexibility index (Phi) is 5.73. The molecule has 9 heteroatoms. The minimum atomic E-state index is -3.05. The molecule has 2 aromatic carbocycles. The Labute approximate surface area is 172 Å². The van der Waals surface area contributed by atoms with Crippen molar-refractivity contribution >= 4 is 28.9 Å². The van der Waals surface area contributed by atoms with Gasteiger partial charge < -0.3 is 14.8 Å². The van der Waals surface area contributed by atoms with Crippen molar-refractivity contribution < 1.29 is 27.8 Å². The number of rotatable bonds is 6. The van der Waals surface area contributed by atoms with Crippen LogP contribution < -0.4 is 19.8 Å². The lowest BCUT2D eigenvalue weighted by Gasteiger charge is -2.17. The molecule has 1 atom stereocenters. The lowest BCUT2D eigenvalue weighted by atomic mass is 10.0. The number of amides is 2. The van der Waals surface area contributed by atoms with E-state index in [1.165, 1.54) is 38.5 Å². The van der Waals surface area contributed by atoms with Crippen molar-refractivity contribution in [1.29, 1.82) is 0 Å². The average molecular weight is 417 g/mol. The molecule has 0 aromatic heterocycles. The van der Waals surface area contributed by atoms with Crippen molar-refractivity contribution in [1.82, 2.24) is 0 Å². The van der Waals surface area contributed by atoms with Crippen LogP contribution in [0.15, 0.2) is 47.6 Å². The van der Waals surface area contributed by atoms with Gasteiger partial charge in [0.15, 0.2) is 17.4 Å². The van der Waals surface area contributed by atoms with Crippen molar-refractivity contribution in [3.63, 3.8) is 0 Å². The van der Waals surface area contributed by atoms with E-state index in [1.807, 2.05) is 0 Å². The molecular weight excluding hydrogens is 396 g/mol. The highest BCUT2D eigenvalue weighted by atomic mass is 19.3. The van der Waals surface area contributed by atoms with E-state index in [1.54, 1.807) is 25.1 Å². The highest BCUT2D eigenvalue weighted by molar-refractivity contribution is 6.28. The van der Waals surface area contributed by atoms with Gasteiger partial charge in [0.05, 0.1) is 25.6 Å². The third kappa shape index (κ3) is 4.10. The smallest absolute Gasteiger partial charge is 0.270 e. The fourth-order valence-corrected chi connectivity index (χ4v) is 3.09. The molecule has 3 rings (SSSR count). The molecule has 1 unspecified atom stereocenters. The molecular formula is C21H21F2N3O4. The van der Waals surface area contributed by atoms with E-state index in [0.29, 0.717) is 17.2 Å². The molecule has 0 saturated carbocycles. The van der Waals surface area contributed by atoms with E-state index in [-0.39, 0.29) is 17.0 Å². The molecule has 1 heterocycles. The number of nitrogens with one attached hydrogen (secondary N) is 1. The van der Waals surface area contributed by atoms with Gasteiger partial charge in [-0.2, -0.15) is 10.1 Å². The third-order valence-electron chi connectivity index (χ3n) is 4.64. The molecule has 0 bridgehead atoms. The molecule has 0 saturated heterocycles. The number of methoxy groups -OCH3 is 2. The first-order chi connectivity index (χ1) is 14.2. The largest absolute Gasteiger partial charge is 0.493 e. The number of nitrogens with zero attached hydrogens (tertiary/aromatic N) is 2. The van der Waals surface area contributed by atoms with E-state index < -0.39 is 23.7 Å². The van der Waals surface area contributed by atoms with E-state index in [4.69, 9.17) is 9.47 Å². The zero-order valence-electron chi connectivity index (χ0n) is 16.9. The maximum atomic E-state index is 13.5. The monoisotopic (exact) mass is 417 g/mol. The average Bonchev–Trinajstić information content (AvgIpc) is 3.01. The molecule has 0 aliphatic carbocycles. The number of halogens is 2. The zero-order chi connectivity index (χ0) is 22.1. The van der Waals surface area contributed by atoms with Crippen molar-refractivity contribution in [2.45, 2.75) is 19.8 Å². The summed E-state index contributed by atoms with van der Waals surface area (Å²) in [5.74, 6) is -4.55. The molecule has 2 aromatic rings. The fourth-order valence-electron chi connectivity index (χ4n) is 3.09. The molecule has 0 spiro atoms. The molecule has 0 fully saturated rings. The molecule has 1 aliphatic rings. The number of carbonyl (C=O) groups excluding carboxylic acids is 2. The van der Waals surface area contributed by atoms with Crippen LogP contribution in [-0.2, 0) is 15.5 Å². The summed E-state index contributed by atoms with van der Waals surface area (Å²) < 4.78 is 37.5. The van der Waals surface area contributed by atoms with Gasteiger partial charge in [-0.3, -0.25) is 9.59 Å². The molecule has 7 nitrogen and oxygen atoms in total. The van der Waals surface area contributed by atoms with E-state index in [2.05, 4.69) is 10.4 Å². The molecule has 2 amide bonds. The first kappa shape index (κ1) is 21.2. The van der Waals surface area contributed by atoms with Crippen molar-refractivity contribution in [2.24, 2.45) is 11.0 Å². The number of anilines is 2. The standard InChI is InChI=1S/C21H21F2N3O4/c1-12-18(19(27)24-14-7-5-6-13(10-14)21(2,22)23)20(28)26(25-12)15-8-9-16(29-3)17(11-15)30-4/h5-11,18H,1-4H3,(H,24,27). The first-order valence-electron chi connectivity index (χ1n) is 9.06. The van der Waals surface area contributed by atoms with Gasteiger partial charge >= 0.3 is 0 Å². The lowest BCUT2D eigenvalue weighted by Crippen LogP contribution is -2.36. The second kappa shape index (κ2) is 8.10. The summed E-state index contributed by atoms with van der Waals surface area (Å²) in [4.78, 5) is 25.6. The fraction of sp³-hybridized carbons (Fsp3) is 0.286. The van der Waals surface area contributed by atoms with Crippen molar-refractivity contribution in [2.75, 3.05) is 24.5 Å². The predicted octanol–water partition coefficient (Wildman–Crippen LogP) is 3.79. The quantitative estimate of drug-likeness (QED) is 0.726. The summed E-state index contributed by atoms with van der Waals surface area (Å²) in [6, 6.07) is 10.1. The van der Waals surface area contributed by atoms with Crippen LogP contribution >= 0.6 is 0 Å². The highest BCUT2D eigenvalue weighted by Crippen LogP contribution is 2.34. The van der Waals surface area contributed by atoms with Gasteiger partial charge in [0.2, 0.25) is 5.91 Å². The number of hydrogen-bond acceptors (Lipinski definition) is 5. The van der Waals surface area contributed by atoms with Gasteiger partial charge in [-0.15, -0.1) is 0 Å². The van der Waals surface area contributed by atoms with Crippen molar-refractivity contribution in [3.8, 4) is 11.5 Å². The molecule has 30 heavy (non-hydrogen) atoms. The van der Waals surface area contributed by atoms with Crippen LogP contribution in [0.25, 0.3) is 0 Å². The van der Waals surface area contributed by atoms with E-state index in [0.717, 1.165) is 11.9 Å². The van der Waals surface area contributed by atoms with Gasteiger partial charge in [-0.05, 0) is 31.2 Å². The summed E-state index contributed by atoms with van der Waals surface area (Å²) in [6.45, 7) is 2.33. The zero-order valence-corrected chi connectivity index (χ0v) is 16.9. The summed E-state index contributed by atoms with van der Waals surface area (Å²) in [7, 11) is 2.96. The topological polar surface area (TPSA) is 80.2 Å². The SMILES string of the molecule is COc1ccc(N2N=C(C)C(C(=O)Nc3cccc(C(C)(F)F)c3)C2=O)cc1OC. The second-order valence-electron chi connectivity index (χ2n) is 6.82. The second-order valence-corrected chi connectivity index (χ2v) is 6.82. The van der Waals surface area contributed by atoms with Crippen molar-refractivity contribution in [3.05, 3.63) is 48.0 Å². The Bertz CT molecular complexity index is 1020. The van der Waals surface area contributed by atoms with Crippen LogP contribution in [-0.4, -0.2) is 31.7 Å². The summed E-state index contributed by atoms with van der Waals surface area (Å²) >= 11 is 0. The maximum absolute atomic E-state index is 13.5. The molecule has 0 radical (unpaired) electrons. The first-order valence-corrected chi connectivity index (χ1v) is 9.06. The normalized spacial score (nSPS) is 16.3. The van der Waals surface area contributed by atoms with Crippen LogP contribution in [0.5, 0.6) is 11.5 Å². The molecule has 1 aliphatic heterocycles. The number of hydrazone groups is 1. The van der Waals surface area contributed by atoms with Gasteiger partial charge in [-0.25, -0.2) is 8.78 Å². The Hall–Kier alpha value is -3.49. The number of ether oxygens (including phenoxy) is 2. The lowest BCUT2D eigenvalue weighted by molar-refractivity contribution is -0.127. The van der Waals surface area contributed by atoms with Crippen LogP contribution in [0, 0.1) is 5.92 Å². The van der Waals surface area contributed by atoms with E-state index in [9.17, 15) is 18.4 Å². The third-order valence-corrected chi connectivity index (χ3v) is 4.64. The van der Waals surface area contributed by atoms with Gasteiger partial charge in [0.25, 0.3) is 11.8 Å². The number of carbonyl (C=O) groups is 2. The Morgan fingerprint density at radius 2 is 1.83 bits per heavy atom. The van der Waals surface area contributed by atoms with Crippen LogP contribution in [0.3, 0.4) is 0 Å². The van der Waals surface area contributed by atoms with Crippen LogP contribution in [0.4, 0.5) is 20.2 Å². The summed E-state index contributed by atoms with van der Waals surface area (Å²) in [5, 5.41) is 7.83. The summed E-state index contributed by atoms with van der Waals surface area (Å²) in [5.41, 5.74) is 0.615. The number of hydrogen-bond donors (Lipinski definition) is 1. The predicted molar refractivity (Wildman–Crippen MR) is 108 cm³/mol. The minimum Gasteiger partial charge on any atom is -0.493 e. The summed E-state index contributed by atoms with van der Waals surface area (Å²) in [6.07, 6.45) is 0. The van der Waals surface area contributed by atoms with Gasteiger partial charge in [0, 0.05) is 24.2 Å². The van der Waals surface area contributed by atoms with E-state index >= 15 is 0 Å². The number of benzene rings is 2. The Morgan fingerprint density at radius 3 is 2.47 bits per heavy atom. The highest BCUT2D eigenvalue weighted by Gasteiger charge is 2.40. The van der Waals surface area contributed by atoms with Crippen LogP contribution in [0.1, 0.15) is 19.4 Å². The maximum Gasteiger partial charge on any atom is 0.270 e. The van der Waals surface area contributed by atoms with Gasteiger partial charge in [-0.1, -0.05) is 12.1 Å². The Balaban J connectivity index is 1.81. The molecule has 158 valence electrons. The molecule has 1 N–H and O–H groups in total. The van der Waals surface area contributed by atoms with Gasteiger partial charge in [0.1, 0.15) is 0 Å². The number of alkyl halides is 2. The Morgan fingerprint density at radius 1 is 1.13 bits per heavy atom. The van der Waals surface area contributed by atoms with Crippen LogP contribution in [0.2, 0.25) is 0 Å². The minimum absolute atomic E-state index is 0.171.